The molecule has 8 nitrogen and oxygen atoms in total. The van der Waals surface area contributed by atoms with E-state index >= 15 is 0 Å². The molecule has 1 fully saturated rings. The third-order valence-electron chi connectivity index (χ3n) is 3.81. The second-order valence-electron chi connectivity index (χ2n) is 6.42. The second kappa shape index (κ2) is 5.86. The summed E-state index contributed by atoms with van der Waals surface area (Å²) in [6.07, 6.45) is 1.43. The minimum absolute atomic E-state index is 0.0810. The SMILES string of the molecule is COC[C@H]1CN(C(=O)c2cnc3c(c2)nnn3C)CC(C)(C)O1. The normalized spacial score (nSPS) is 20.9. The van der Waals surface area contributed by atoms with Gasteiger partial charge < -0.3 is 14.4 Å². The number of aromatic nitrogens is 4. The highest BCUT2D eigenvalue weighted by Crippen LogP contribution is 2.23. The molecule has 1 aliphatic heterocycles. The number of morpholine rings is 1. The molecule has 124 valence electrons. The Hall–Kier alpha value is -2.06. The number of nitrogens with zero attached hydrogens (tertiary/aromatic N) is 5. The molecule has 2 aromatic rings. The van der Waals surface area contributed by atoms with Crippen molar-refractivity contribution in [1.82, 2.24) is 24.9 Å². The Morgan fingerprint density at radius 3 is 3.04 bits per heavy atom. The molecule has 3 heterocycles. The van der Waals surface area contributed by atoms with E-state index in [9.17, 15) is 4.79 Å². The van der Waals surface area contributed by atoms with Gasteiger partial charge in [0.15, 0.2) is 5.65 Å². The largest absolute Gasteiger partial charge is 0.382 e. The van der Waals surface area contributed by atoms with E-state index in [-0.39, 0.29) is 12.0 Å². The van der Waals surface area contributed by atoms with Crippen LogP contribution in [0.15, 0.2) is 12.3 Å². The van der Waals surface area contributed by atoms with E-state index in [4.69, 9.17) is 9.47 Å². The summed E-state index contributed by atoms with van der Waals surface area (Å²) in [4.78, 5) is 18.9. The number of hydrogen-bond acceptors (Lipinski definition) is 6. The van der Waals surface area contributed by atoms with Gasteiger partial charge in [-0.25, -0.2) is 9.67 Å². The Balaban J connectivity index is 1.84. The predicted octanol–water partition coefficient (Wildman–Crippen LogP) is 0.629. The maximum atomic E-state index is 12.8. The zero-order valence-electron chi connectivity index (χ0n) is 13.8. The quantitative estimate of drug-likeness (QED) is 0.825. The molecule has 0 aliphatic carbocycles. The average Bonchev–Trinajstić information content (AvgIpc) is 2.86. The van der Waals surface area contributed by atoms with Gasteiger partial charge in [-0.2, -0.15) is 0 Å². The van der Waals surface area contributed by atoms with Crippen molar-refractivity contribution < 1.29 is 14.3 Å². The molecule has 2 aromatic heterocycles. The molecular weight excluding hydrogens is 298 g/mol. The standard InChI is InChI=1S/C15H21N5O3/c1-15(2)9-20(7-11(23-15)8-22-4)14(21)10-5-12-13(16-6-10)19(3)18-17-12/h5-6,11H,7-9H2,1-4H3/t11-/m1/s1. The van der Waals surface area contributed by atoms with Crippen molar-refractivity contribution in [2.45, 2.75) is 25.6 Å². The van der Waals surface area contributed by atoms with Crippen molar-refractivity contribution in [1.29, 1.82) is 0 Å². The van der Waals surface area contributed by atoms with Crippen LogP contribution in [0.1, 0.15) is 24.2 Å². The second-order valence-corrected chi connectivity index (χ2v) is 6.42. The molecule has 23 heavy (non-hydrogen) atoms. The molecule has 0 aromatic carbocycles. The Morgan fingerprint density at radius 1 is 1.52 bits per heavy atom. The zero-order valence-corrected chi connectivity index (χ0v) is 13.8. The summed E-state index contributed by atoms with van der Waals surface area (Å²) in [6, 6.07) is 1.73. The van der Waals surface area contributed by atoms with Crippen molar-refractivity contribution in [2.75, 3.05) is 26.8 Å². The van der Waals surface area contributed by atoms with E-state index in [0.717, 1.165) is 0 Å². The third kappa shape index (κ3) is 3.18. The van der Waals surface area contributed by atoms with Gasteiger partial charge in [-0.15, -0.1) is 5.10 Å². The number of fused-ring (bicyclic) bond motifs is 1. The molecule has 8 heteroatoms. The lowest BCUT2D eigenvalue weighted by molar-refractivity contribution is -0.143. The molecule has 0 radical (unpaired) electrons. The Bertz CT molecular complexity index is 727. The molecule has 0 N–H and O–H groups in total. The van der Waals surface area contributed by atoms with E-state index in [1.165, 1.54) is 0 Å². The first-order valence-corrected chi connectivity index (χ1v) is 7.51. The van der Waals surface area contributed by atoms with E-state index < -0.39 is 5.60 Å². The minimum atomic E-state index is -0.415. The molecule has 0 spiro atoms. The molecule has 3 rings (SSSR count). The van der Waals surface area contributed by atoms with E-state index in [1.54, 1.807) is 36.0 Å². The number of carbonyl (C=O) groups is 1. The van der Waals surface area contributed by atoms with Crippen LogP contribution in [0.5, 0.6) is 0 Å². The highest BCUT2D eigenvalue weighted by molar-refractivity contribution is 5.96. The zero-order chi connectivity index (χ0) is 16.6. The van der Waals surface area contributed by atoms with Gasteiger partial charge in [0.1, 0.15) is 5.52 Å². The predicted molar refractivity (Wildman–Crippen MR) is 83.0 cm³/mol. The molecule has 1 amide bonds. The molecule has 0 bridgehead atoms. The van der Waals surface area contributed by atoms with Gasteiger partial charge in [-0.05, 0) is 19.9 Å². The van der Waals surface area contributed by atoms with Crippen LogP contribution in [-0.4, -0.2) is 69.3 Å². The summed E-state index contributed by atoms with van der Waals surface area (Å²) in [6.45, 7) is 5.41. The highest BCUT2D eigenvalue weighted by Gasteiger charge is 2.36. The molecule has 0 saturated carbocycles. The van der Waals surface area contributed by atoms with Crippen molar-refractivity contribution in [3.05, 3.63) is 17.8 Å². The fourth-order valence-corrected chi connectivity index (χ4v) is 2.95. The first-order chi connectivity index (χ1) is 10.9. The lowest BCUT2D eigenvalue weighted by atomic mass is 10.0. The number of rotatable bonds is 3. The van der Waals surface area contributed by atoms with Crippen LogP contribution in [0.4, 0.5) is 0 Å². The van der Waals surface area contributed by atoms with E-state index in [2.05, 4.69) is 15.3 Å². The van der Waals surface area contributed by atoms with E-state index in [1.807, 2.05) is 13.8 Å². The first-order valence-electron chi connectivity index (χ1n) is 7.51. The summed E-state index contributed by atoms with van der Waals surface area (Å²) in [5.41, 5.74) is 1.36. The van der Waals surface area contributed by atoms with Gasteiger partial charge in [-0.1, -0.05) is 5.21 Å². The maximum absolute atomic E-state index is 12.8. The molecule has 1 atom stereocenters. The van der Waals surface area contributed by atoms with Crippen LogP contribution >= 0.6 is 0 Å². The van der Waals surface area contributed by atoms with Gasteiger partial charge in [-0.3, -0.25) is 4.79 Å². The van der Waals surface area contributed by atoms with Crippen LogP contribution in [-0.2, 0) is 16.5 Å². The third-order valence-corrected chi connectivity index (χ3v) is 3.81. The topological polar surface area (TPSA) is 82.4 Å². The van der Waals surface area contributed by atoms with Gasteiger partial charge >= 0.3 is 0 Å². The van der Waals surface area contributed by atoms with Crippen LogP contribution in [0, 0.1) is 0 Å². The molecule has 1 aliphatic rings. The highest BCUT2D eigenvalue weighted by atomic mass is 16.5. The Kier molecular flexibility index (Phi) is 4.03. The summed E-state index contributed by atoms with van der Waals surface area (Å²) in [5, 5.41) is 7.93. The van der Waals surface area contributed by atoms with Gasteiger partial charge in [0.2, 0.25) is 0 Å². The number of ether oxygens (including phenoxy) is 2. The fraction of sp³-hybridized carbons (Fsp3) is 0.600. The molecular formula is C15H21N5O3. The minimum Gasteiger partial charge on any atom is -0.382 e. The van der Waals surface area contributed by atoms with Crippen molar-refractivity contribution in [3.8, 4) is 0 Å². The Morgan fingerprint density at radius 2 is 2.30 bits per heavy atom. The van der Waals surface area contributed by atoms with E-state index in [0.29, 0.717) is 36.4 Å². The maximum Gasteiger partial charge on any atom is 0.255 e. The van der Waals surface area contributed by atoms with Crippen molar-refractivity contribution in [2.24, 2.45) is 7.05 Å². The van der Waals surface area contributed by atoms with Crippen LogP contribution in [0.25, 0.3) is 11.2 Å². The van der Waals surface area contributed by atoms with Crippen LogP contribution in [0.2, 0.25) is 0 Å². The number of amides is 1. The van der Waals surface area contributed by atoms with Crippen LogP contribution < -0.4 is 0 Å². The molecule has 0 unspecified atom stereocenters. The van der Waals surface area contributed by atoms with Gasteiger partial charge in [0.05, 0.1) is 23.9 Å². The number of methoxy groups -OCH3 is 1. The summed E-state index contributed by atoms with van der Waals surface area (Å²) in [7, 11) is 3.40. The monoisotopic (exact) mass is 319 g/mol. The van der Waals surface area contributed by atoms with Crippen LogP contribution in [0.3, 0.4) is 0 Å². The fourth-order valence-electron chi connectivity index (χ4n) is 2.95. The lowest BCUT2D eigenvalue weighted by Gasteiger charge is -2.42. The van der Waals surface area contributed by atoms with Gasteiger partial charge in [0, 0.05) is 33.4 Å². The molecule has 1 saturated heterocycles. The number of hydrogen-bond donors (Lipinski definition) is 0. The summed E-state index contributed by atoms with van der Waals surface area (Å²) < 4.78 is 12.7. The number of pyridine rings is 1. The lowest BCUT2D eigenvalue weighted by Crippen LogP contribution is -2.55. The smallest absolute Gasteiger partial charge is 0.255 e. The van der Waals surface area contributed by atoms with Gasteiger partial charge in [0.25, 0.3) is 5.91 Å². The Labute approximate surface area is 134 Å². The first kappa shape index (κ1) is 15.8. The van der Waals surface area contributed by atoms with Crippen molar-refractivity contribution >= 4 is 17.1 Å². The summed E-state index contributed by atoms with van der Waals surface area (Å²) in [5.74, 6) is -0.0810. The number of aryl methyl sites for hydroxylation is 1. The van der Waals surface area contributed by atoms with Crippen molar-refractivity contribution in [3.63, 3.8) is 0 Å². The average molecular weight is 319 g/mol. The number of carbonyl (C=O) groups excluding carboxylic acids is 1. The summed E-state index contributed by atoms with van der Waals surface area (Å²) >= 11 is 0.